The summed E-state index contributed by atoms with van der Waals surface area (Å²) >= 11 is 0. The van der Waals surface area contributed by atoms with Crippen molar-refractivity contribution >= 4 is 11.6 Å². The zero-order valence-corrected chi connectivity index (χ0v) is 13.7. The predicted octanol–water partition coefficient (Wildman–Crippen LogP) is 4.29. The number of nitrogens with one attached hydrogen (secondary N) is 1. The molecule has 0 spiro atoms. The Kier molecular flexibility index (Phi) is 3.98. The van der Waals surface area contributed by atoms with Gasteiger partial charge in [0.2, 0.25) is 5.91 Å². The second-order valence-corrected chi connectivity index (χ2v) is 6.60. The molecule has 2 saturated heterocycles. The number of benzene rings is 2. The van der Waals surface area contributed by atoms with E-state index in [9.17, 15) is 4.79 Å². The first kappa shape index (κ1) is 15.2. The third-order valence-electron chi connectivity index (χ3n) is 4.88. The molecule has 24 heavy (non-hydrogen) atoms. The molecule has 1 amide bonds. The summed E-state index contributed by atoms with van der Waals surface area (Å²) in [6.07, 6.45) is 3.35. The highest BCUT2D eigenvalue weighted by atomic mass is 16.5. The van der Waals surface area contributed by atoms with Gasteiger partial charge < -0.3 is 14.8 Å². The lowest BCUT2D eigenvalue weighted by Crippen LogP contribution is -2.30. The molecule has 1 N–H and O–H groups in total. The standard InChI is InChI=1S/C20H21NO3/c1-13-11-15(23-14-5-3-2-4-6-14)7-9-18(13)21-20(22)17-12-16-8-10-19(17)24-16/h2-7,9,11,16-17,19H,8,10,12H2,1H3,(H,21,22). The Hall–Kier alpha value is -2.33. The molecule has 0 aromatic heterocycles. The number of amides is 1. The summed E-state index contributed by atoms with van der Waals surface area (Å²) in [6.45, 7) is 1.98. The van der Waals surface area contributed by atoms with E-state index in [-0.39, 0.29) is 24.0 Å². The van der Waals surface area contributed by atoms with Gasteiger partial charge >= 0.3 is 0 Å². The fraction of sp³-hybridized carbons (Fsp3) is 0.350. The van der Waals surface area contributed by atoms with Crippen molar-refractivity contribution in [2.45, 2.75) is 38.4 Å². The molecule has 0 saturated carbocycles. The average molecular weight is 323 g/mol. The van der Waals surface area contributed by atoms with Crippen molar-refractivity contribution in [3.63, 3.8) is 0 Å². The van der Waals surface area contributed by atoms with Crippen LogP contribution in [-0.4, -0.2) is 18.1 Å². The van der Waals surface area contributed by atoms with E-state index in [2.05, 4.69) is 5.32 Å². The molecule has 3 atom stereocenters. The molecule has 2 aliphatic rings. The maximum atomic E-state index is 12.5. The number of rotatable bonds is 4. The molecular weight excluding hydrogens is 302 g/mol. The number of ether oxygens (including phenoxy) is 2. The van der Waals surface area contributed by atoms with Crippen LogP contribution in [0.2, 0.25) is 0 Å². The van der Waals surface area contributed by atoms with Crippen LogP contribution in [0.3, 0.4) is 0 Å². The SMILES string of the molecule is Cc1cc(Oc2ccccc2)ccc1NC(=O)C1CC2CCC1O2. The van der Waals surface area contributed by atoms with Gasteiger partial charge in [0.25, 0.3) is 0 Å². The Morgan fingerprint density at radius 3 is 2.62 bits per heavy atom. The van der Waals surface area contributed by atoms with Gasteiger partial charge in [-0.2, -0.15) is 0 Å². The van der Waals surface area contributed by atoms with E-state index in [4.69, 9.17) is 9.47 Å². The van der Waals surface area contributed by atoms with Gasteiger partial charge in [-0.1, -0.05) is 18.2 Å². The van der Waals surface area contributed by atoms with Crippen molar-refractivity contribution in [3.8, 4) is 11.5 Å². The van der Waals surface area contributed by atoms with Crippen molar-refractivity contribution in [1.82, 2.24) is 0 Å². The summed E-state index contributed by atoms with van der Waals surface area (Å²) in [7, 11) is 0. The van der Waals surface area contributed by atoms with Gasteiger partial charge in [-0.05, 0) is 62.1 Å². The molecule has 2 aromatic rings. The third kappa shape index (κ3) is 3.02. The second kappa shape index (κ2) is 6.29. The first-order valence-electron chi connectivity index (χ1n) is 8.49. The molecule has 3 unspecified atom stereocenters. The Bertz CT molecular complexity index is 744. The minimum absolute atomic E-state index is 0.0107. The van der Waals surface area contributed by atoms with E-state index < -0.39 is 0 Å². The zero-order valence-electron chi connectivity index (χ0n) is 13.7. The predicted molar refractivity (Wildman–Crippen MR) is 92.3 cm³/mol. The average Bonchev–Trinajstić information content (AvgIpc) is 3.21. The molecule has 4 rings (SSSR count). The van der Waals surface area contributed by atoms with Crippen LogP contribution in [-0.2, 0) is 9.53 Å². The molecule has 4 nitrogen and oxygen atoms in total. The molecule has 2 heterocycles. The van der Waals surface area contributed by atoms with Gasteiger partial charge in [0, 0.05) is 5.69 Å². The van der Waals surface area contributed by atoms with Crippen LogP contribution in [0, 0.1) is 12.8 Å². The van der Waals surface area contributed by atoms with E-state index in [0.29, 0.717) is 0 Å². The van der Waals surface area contributed by atoms with Gasteiger partial charge in [-0.15, -0.1) is 0 Å². The highest BCUT2D eigenvalue weighted by Crippen LogP contribution is 2.39. The monoisotopic (exact) mass is 323 g/mol. The van der Waals surface area contributed by atoms with E-state index >= 15 is 0 Å². The number of para-hydroxylation sites is 1. The fourth-order valence-corrected chi connectivity index (χ4v) is 3.60. The van der Waals surface area contributed by atoms with Crippen LogP contribution in [0.1, 0.15) is 24.8 Å². The van der Waals surface area contributed by atoms with Gasteiger partial charge in [0.1, 0.15) is 11.5 Å². The molecule has 2 fully saturated rings. The number of fused-ring (bicyclic) bond motifs is 2. The van der Waals surface area contributed by atoms with Gasteiger partial charge in [0.15, 0.2) is 0 Å². The van der Waals surface area contributed by atoms with Crippen molar-refractivity contribution in [1.29, 1.82) is 0 Å². The number of carbonyl (C=O) groups excluding carboxylic acids is 1. The first-order valence-corrected chi connectivity index (χ1v) is 8.49. The van der Waals surface area contributed by atoms with Crippen molar-refractivity contribution < 1.29 is 14.3 Å². The topological polar surface area (TPSA) is 47.6 Å². The molecule has 2 aromatic carbocycles. The van der Waals surface area contributed by atoms with E-state index in [1.807, 2.05) is 55.5 Å². The maximum Gasteiger partial charge on any atom is 0.230 e. The van der Waals surface area contributed by atoms with Crippen molar-refractivity contribution in [3.05, 3.63) is 54.1 Å². The molecule has 0 aliphatic carbocycles. The van der Waals surface area contributed by atoms with Crippen LogP contribution >= 0.6 is 0 Å². The summed E-state index contributed by atoms with van der Waals surface area (Å²) < 4.78 is 11.6. The van der Waals surface area contributed by atoms with Crippen LogP contribution in [0.4, 0.5) is 5.69 Å². The molecule has 2 bridgehead atoms. The summed E-state index contributed by atoms with van der Waals surface area (Å²) in [6, 6.07) is 15.4. The Labute approximate surface area is 141 Å². The zero-order chi connectivity index (χ0) is 16.5. The van der Waals surface area contributed by atoms with Gasteiger partial charge in [-0.25, -0.2) is 0 Å². The van der Waals surface area contributed by atoms with E-state index in [0.717, 1.165) is 42.0 Å². The van der Waals surface area contributed by atoms with Crippen LogP contribution in [0.15, 0.2) is 48.5 Å². The number of carbonyl (C=O) groups is 1. The third-order valence-corrected chi connectivity index (χ3v) is 4.88. The summed E-state index contributed by atoms with van der Waals surface area (Å²) in [5.74, 6) is 1.62. The number of aryl methyl sites for hydroxylation is 1. The highest BCUT2D eigenvalue weighted by Gasteiger charge is 2.44. The lowest BCUT2D eigenvalue weighted by atomic mass is 9.88. The minimum Gasteiger partial charge on any atom is -0.457 e. The molecular formula is C20H21NO3. The number of hydrogen-bond donors (Lipinski definition) is 1. The molecule has 4 heteroatoms. The number of hydrogen-bond acceptors (Lipinski definition) is 3. The summed E-state index contributed by atoms with van der Waals surface area (Å²) in [4.78, 5) is 12.5. The first-order chi connectivity index (χ1) is 11.7. The van der Waals surface area contributed by atoms with Crippen molar-refractivity contribution in [2.24, 2.45) is 5.92 Å². The Morgan fingerprint density at radius 2 is 1.96 bits per heavy atom. The van der Waals surface area contributed by atoms with Gasteiger partial charge in [0.05, 0.1) is 18.1 Å². The Balaban J connectivity index is 1.43. The number of anilines is 1. The quantitative estimate of drug-likeness (QED) is 0.913. The maximum absolute atomic E-state index is 12.5. The van der Waals surface area contributed by atoms with Gasteiger partial charge in [-0.3, -0.25) is 4.79 Å². The minimum atomic E-state index is -0.0107. The smallest absolute Gasteiger partial charge is 0.230 e. The lowest BCUT2D eigenvalue weighted by molar-refractivity contribution is -0.121. The fourth-order valence-electron chi connectivity index (χ4n) is 3.60. The molecule has 2 aliphatic heterocycles. The highest BCUT2D eigenvalue weighted by molar-refractivity contribution is 5.94. The molecule has 124 valence electrons. The lowest BCUT2D eigenvalue weighted by Gasteiger charge is -2.19. The molecule has 0 radical (unpaired) electrons. The largest absolute Gasteiger partial charge is 0.457 e. The van der Waals surface area contributed by atoms with Crippen molar-refractivity contribution in [2.75, 3.05) is 5.32 Å². The second-order valence-electron chi connectivity index (χ2n) is 6.60. The van der Waals surface area contributed by atoms with Crippen LogP contribution in [0.25, 0.3) is 0 Å². The van der Waals surface area contributed by atoms with Crippen LogP contribution in [0.5, 0.6) is 11.5 Å². The normalized spacial score (nSPS) is 24.8. The van der Waals surface area contributed by atoms with Crippen LogP contribution < -0.4 is 10.1 Å². The Morgan fingerprint density at radius 1 is 1.12 bits per heavy atom. The summed E-state index contributed by atoms with van der Waals surface area (Å²) in [5, 5.41) is 3.05. The van der Waals surface area contributed by atoms with E-state index in [1.165, 1.54) is 0 Å². The summed E-state index contributed by atoms with van der Waals surface area (Å²) in [5.41, 5.74) is 1.82. The van der Waals surface area contributed by atoms with E-state index in [1.54, 1.807) is 0 Å².